The van der Waals surface area contributed by atoms with E-state index in [1.54, 1.807) is 62.5 Å². The summed E-state index contributed by atoms with van der Waals surface area (Å²) >= 11 is 0. The van der Waals surface area contributed by atoms with Crippen LogP contribution in [-0.2, 0) is 23.4 Å². The van der Waals surface area contributed by atoms with Crippen LogP contribution in [0.2, 0.25) is 0 Å². The van der Waals surface area contributed by atoms with E-state index in [4.69, 9.17) is 18.5 Å². The van der Waals surface area contributed by atoms with Crippen LogP contribution in [-0.4, -0.2) is 68.2 Å². The summed E-state index contributed by atoms with van der Waals surface area (Å²) < 4.78 is 51.8. The van der Waals surface area contributed by atoms with Crippen LogP contribution in [0, 0.1) is 0 Å². The van der Waals surface area contributed by atoms with Crippen molar-refractivity contribution < 1.29 is 37.4 Å². The molecule has 0 saturated heterocycles. The number of benzene rings is 2. The van der Waals surface area contributed by atoms with E-state index in [2.05, 4.69) is 15.1 Å². The number of nitrogens with zero attached hydrogens (tertiary/aromatic N) is 3. The van der Waals surface area contributed by atoms with E-state index < -0.39 is 68.8 Å². The number of alkyl halides is 1. The SMILES string of the molecule is CC(C)OC(=O)[C@H](C)NP(=O)(OC[C@@H](O[C@H](CF)n1ccc(=O)[nH]c1=O)[C@H](C)O)Oc1ccccc1-c1cccc2nccnc12. The number of carbonyl (C=O) groups excluding carboxylic acids is 1. The smallest absolute Gasteiger partial charge is 0.459 e. The van der Waals surface area contributed by atoms with Crippen LogP contribution in [0.1, 0.15) is 33.9 Å². The molecule has 4 aromatic rings. The number of hydrogen-bond donors (Lipinski definition) is 3. The zero-order valence-corrected chi connectivity index (χ0v) is 26.4. The molecule has 5 atom stereocenters. The van der Waals surface area contributed by atoms with E-state index in [1.807, 2.05) is 4.98 Å². The Bertz CT molecular complexity index is 1810. The summed E-state index contributed by atoms with van der Waals surface area (Å²) in [6.45, 7) is 4.16. The third kappa shape index (κ3) is 8.71. The maximum absolute atomic E-state index is 14.4. The van der Waals surface area contributed by atoms with Crippen molar-refractivity contribution in [1.82, 2.24) is 24.6 Å². The molecule has 46 heavy (non-hydrogen) atoms. The highest BCUT2D eigenvalue weighted by molar-refractivity contribution is 7.52. The van der Waals surface area contributed by atoms with Crippen molar-refractivity contribution >= 4 is 24.7 Å². The summed E-state index contributed by atoms with van der Waals surface area (Å²) in [5.41, 5.74) is 0.620. The van der Waals surface area contributed by atoms with Crippen LogP contribution in [0.3, 0.4) is 0 Å². The number of halogens is 1. The number of H-pyrrole nitrogens is 1. The second kappa shape index (κ2) is 15.3. The van der Waals surface area contributed by atoms with E-state index >= 15 is 0 Å². The van der Waals surface area contributed by atoms with Crippen molar-refractivity contribution in [3.05, 3.63) is 88.0 Å². The average Bonchev–Trinajstić information content (AvgIpc) is 3.01. The molecule has 0 bridgehead atoms. The highest BCUT2D eigenvalue weighted by atomic mass is 31.2. The molecule has 1 unspecified atom stereocenters. The number of nitrogens with one attached hydrogen (secondary N) is 2. The van der Waals surface area contributed by atoms with Crippen molar-refractivity contribution in [1.29, 1.82) is 0 Å². The van der Waals surface area contributed by atoms with E-state index in [1.165, 1.54) is 20.0 Å². The van der Waals surface area contributed by atoms with Crippen molar-refractivity contribution in [3.63, 3.8) is 0 Å². The average molecular weight is 660 g/mol. The fourth-order valence-electron chi connectivity index (χ4n) is 4.32. The maximum atomic E-state index is 14.4. The first kappa shape index (κ1) is 34.6. The van der Waals surface area contributed by atoms with Crippen molar-refractivity contribution in [2.45, 2.75) is 58.3 Å². The summed E-state index contributed by atoms with van der Waals surface area (Å²) in [5, 5.41) is 13.0. The number of rotatable bonds is 15. The zero-order chi connectivity index (χ0) is 33.4. The molecule has 246 valence electrons. The molecule has 2 aromatic carbocycles. The summed E-state index contributed by atoms with van der Waals surface area (Å²) in [7, 11) is -4.52. The highest BCUT2D eigenvalue weighted by Crippen LogP contribution is 2.48. The van der Waals surface area contributed by atoms with Gasteiger partial charge in [-0.2, -0.15) is 5.09 Å². The molecule has 0 spiro atoms. The summed E-state index contributed by atoms with van der Waals surface area (Å²) in [6, 6.07) is 11.8. The fourth-order valence-corrected chi connectivity index (χ4v) is 5.84. The summed E-state index contributed by atoms with van der Waals surface area (Å²) in [5.74, 6) is -0.643. The normalized spacial score (nSPS) is 15.5. The first-order valence-electron chi connectivity index (χ1n) is 14.3. The molecule has 2 aromatic heterocycles. The Labute approximate surface area is 263 Å². The van der Waals surface area contributed by atoms with Gasteiger partial charge < -0.3 is 19.1 Å². The predicted molar refractivity (Wildman–Crippen MR) is 166 cm³/mol. The minimum absolute atomic E-state index is 0.0943. The summed E-state index contributed by atoms with van der Waals surface area (Å²) in [6.07, 6.45) is -0.598. The van der Waals surface area contributed by atoms with Gasteiger partial charge in [0.05, 0.1) is 29.8 Å². The van der Waals surface area contributed by atoms with Gasteiger partial charge in [0, 0.05) is 35.8 Å². The zero-order valence-electron chi connectivity index (χ0n) is 25.5. The largest absolute Gasteiger partial charge is 0.462 e. The van der Waals surface area contributed by atoms with Gasteiger partial charge in [-0.05, 0) is 39.8 Å². The molecule has 14 nitrogen and oxygen atoms in total. The van der Waals surface area contributed by atoms with Gasteiger partial charge in [-0.15, -0.1) is 0 Å². The molecule has 2 heterocycles. The molecule has 4 rings (SSSR count). The highest BCUT2D eigenvalue weighted by Gasteiger charge is 2.36. The Morgan fingerprint density at radius 1 is 1.04 bits per heavy atom. The summed E-state index contributed by atoms with van der Waals surface area (Å²) in [4.78, 5) is 47.1. The number of fused-ring (bicyclic) bond motifs is 1. The van der Waals surface area contributed by atoms with Gasteiger partial charge in [0.15, 0.2) is 6.23 Å². The van der Waals surface area contributed by atoms with Gasteiger partial charge >= 0.3 is 19.4 Å². The number of aromatic nitrogens is 4. The Kier molecular flexibility index (Phi) is 11.5. The van der Waals surface area contributed by atoms with Crippen LogP contribution >= 0.6 is 7.75 Å². The van der Waals surface area contributed by atoms with Crippen molar-refractivity contribution in [2.75, 3.05) is 13.3 Å². The standard InChI is InChI=1S/C30H35FN5O9P/c1-18(2)43-29(39)19(3)35-46(41,42-17-25(20(4)37)44-27(16-31)36-15-12-26(38)34-30(36)40)45-24-11-6-5-8-21(24)22-9-7-10-23-28(22)33-14-13-32-23/h5-15,18-20,25,27,37H,16-17H2,1-4H3,(H,35,41)(H,34,38,40)/t19-,20-,25+,27+,46?/m0/s1. The lowest BCUT2D eigenvalue weighted by Crippen LogP contribution is -2.40. The van der Waals surface area contributed by atoms with Gasteiger partial charge in [-0.3, -0.25) is 33.6 Å². The second-order valence-corrected chi connectivity index (χ2v) is 12.2. The molecular formula is C30H35FN5O9P. The number of aliphatic hydroxyl groups is 1. The van der Waals surface area contributed by atoms with Gasteiger partial charge in [-0.25, -0.2) is 13.8 Å². The minimum atomic E-state index is -4.52. The van der Waals surface area contributed by atoms with Crippen LogP contribution < -0.4 is 20.9 Å². The molecular weight excluding hydrogens is 624 g/mol. The lowest BCUT2D eigenvalue weighted by Gasteiger charge is -2.29. The van der Waals surface area contributed by atoms with Crippen LogP contribution in [0.15, 0.2) is 76.7 Å². The van der Waals surface area contributed by atoms with Gasteiger partial charge in [0.1, 0.15) is 24.6 Å². The Balaban J connectivity index is 1.66. The molecule has 0 saturated carbocycles. The molecule has 3 N–H and O–H groups in total. The number of para-hydroxylation sites is 2. The monoisotopic (exact) mass is 659 g/mol. The number of ether oxygens (including phenoxy) is 2. The first-order chi connectivity index (χ1) is 21.9. The number of esters is 1. The van der Waals surface area contributed by atoms with E-state index in [0.29, 0.717) is 22.2 Å². The fraction of sp³-hybridized carbons (Fsp3) is 0.367. The van der Waals surface area contributed by atoms with E-state index in [-0.39, 0.29) is 5.75 Å². The lowest BCUT2D eigenvalue weighted by molar-refractivity contribution is -0.149. The topological polar surface area (TPSA) is 184 Å². The number of hydrogen-bond acceptors (Lipinski definition) is 11. The third-order valence-corrected chi connectivity index (χ3v) is 8.15. The third-order valence-electron chi connectivity index (χ3n) is 6.52. The molecule has 0 aliphatic heterocycles. The minimum Gasteiger partial charge on any atom is -0.462 e. The lowest BCUT2D eigenvalue weighted by atomic mass is 10.0. The van der Waals surface area contributed by atoms with Crippen LogP contribution in [0.5, 0.6) is 5.75 Å². The number of aromatic amines is 1. The molecule has 0 aliphatic carbocycles. The molecule has 0 radical (unpaired) electrons. The Hall–Kier alpha value is -4.27. The Morgan fingerprint density at radius 2 is 1.76 bits per heavy atom. The predicted octanol–water partition coefficient (Wildman–Crippen LogP) is 3.51. The Morgan fingerprint density at radius 3 is 2.46 bits per heavy atom. The van der Waals surface area contributed by atoms with Crippen LogP contribution in [0.25, 0.3) is 22.2 Å². The first-order valence-corrected chi connectivity index (χ1v) is 15.9. The van der Waals surface area contributed by atoms with Gasteiger partial charge in [0.25, 0.3) is 5.56 Å². The molecule has 0 amide bonds. The molecule has 16 heteroatoms. The van der Waals surface area contributed by atoms with Crippen LogP contribution in [0.4, 0.5) is 4.39 Å². The van der Waals surface area contributed by atoms with Crippen molar-refractivity contribution in [2.24, 2.45) is 0 Å². The van der Waals surface area contributed by atoms with E-state index in [9.17, 15) is 28.4 Å². The number of aliphatic hydroxyl groups excluding tert-OH is 1. The van der Waals surface area contributed by atoms with Gasteiger partial charge in [0.2, 0.25) is 0 Å². The van der Waals surface area contributed by atoms with E-state index in [0.717, 1.165) is 16.8 Å². The van der Waals surface area contributed by atoms with Crippen molar-refractivity contribution in [3.8, 4) is 16.9 Å². The molecule has 0 aliphatic rings. The quantitative estimate of drug-likeness (QED) is 0.125. The molecule has 0 fully saturated rings. The number of carbonyl (C=O) groups is 1. The second-order valence-electron chi connectivity index (χ2n) is 10.5. The van der Waals surface area contributed by atoms with Gasteiger partial charge in [-0.1, -0.05) is 30.3 Å². The maximum Gasteiger partial charge on any atom is 0.459 e.